The van der Waals surface area contributed by atoms with Crippen molar-refractivity contribution in [3.05, 3.63) is 0 Å². The molecule has 2 saturated heterocycles. The van der Waals surface area contributed by atoms with E-state index in [9.17, 15) is 4.79 Å². The molecule has 3 heteroatoms. The SMILES string of the molecule is CC#CC(=O)N1CC2CNCC2C1(C)C. The topological polar surface area (TPSA) is 32.3 Å². The van der Waals surface area contributed by atoms with Crippen LogP contribution in [0.3, 0.4) is 0 Å². The van der Waals surface area contributed by atoms with Gasteiger partial charge < -0.3 is 10.2 Å². The van der Waals surface area contributed by atoms with E-state index in [0.29, 0.717) is 11.8 Å². The van der Waals surface area contributed by atoms with Crippen LogP contribution in [0.5, 0.6) is 0 Å². The molecule has 0 aromatic rings. The predicted molar refractivity (Wildman–Crippen MR) is 59.1 cm³/mol. The van der Waals surface area contributed by atoms with Gasteiger partial charge in [0.2, 0.25) is 0 Å². The molecule has 82 valence electrons. The van der Waals surface area contributed by atoms with E-state index in [1.54, 1.807) is 6.92 Å². The van der Waals surface area contributed by atoms with Crippen LogP contribution in [0.4, 0.5) is 0 Å². The fraction of sp³-hybridized carbons (Fsp3) is 0.750. The maximum absolute atomic E-state index is 11.8. The van der Waals surface area contributed by atoms with Gasteiger partial charge in [0.15, 0.2) is 0 Å². The largest absolute Gasteiger partial charge is 0.326 e. The van der Waals surface area contributed by atoms with Gasteiger partial charge in [0, 0.05) is 25.2 Å². The van der Waals surface area contributed by atoms with Gasteiger partial charge in [0.25, 0.3) is 5.91 Å². The first-order valence-electron chi connectivity index (χ1n) is 5.52. The Morgan fingerprint density at radius 3 is 2.80 bits per heavy atom. The second-order valence-electron chi connectivity index (χ2n) is 4.97. The number of fused-ring (bicyclic) bond motifs is 1. The van der Waals surface area contributed by atoms with Crippen molar-refractivity contribution in [1.82, 2.24) is 10.2 Å². The first-order chi connectivity index (χ1) is 7.07. The number of carbonyl (C=O) groups excluding carboxylic acids is 1. The van der Waals surface area contributed by atoms with Gasteiger partial charge in [0.1, 0.15) is 0 Å². The zero-order valence-electron chi connectivity index (χ0n) is 9.63. The molecule has 1 amide bonds. The molecule has 0 aliphatic carbocycles. The Labute approximate surface area is 91.2 Å². The van der Waals surface area contributed by atoms with Crippen LogP contribution in [-0.4, -0.2) is 36.0 Å². The lowest BCUT2D eigenvalue weighted by Gasteiger charge is -2.34. The number of rotatable bonds is 0. The van der Waals surface area contributed by atoms with Gasteiger partial charge >= 0.3 is 0 Å². The van der Waals surface area contributed by atoms with Gasteiger partial charge in [-0.05, 0) is 38.5 Å². The van der Waals surface area contributed by atoms with Crippen molar-refractivity contribution < 1.29 is 4.79 Å². The molecular formula is C12H18N2O. The molecule has 1 N–H and O–H groups in total. The monoisotopic (exact) mass is 206 g/mol. The molecule has 2 fully saturated rings. The maximum atomic E-state index is 11.8. The molecule has 0 aromatic carbocycles. The summed E-state index contributed by atoms with van der Waals surface area (Å²) in [6.07, 6.45) is 0. The quantitative estimate of drug-likeness (QED) is 0.584. The fourth-order valence-electron chi connectivity index (χ4n) is 2.94. The third kappa shape index (κ3) is 1.53. The first kappa shape index (κ1) is 10.5. The molecule has 0 spiro atoms. The van der Waals surface area contributed by atoms with E-state index in [0.717, 1.165) is 19.6 Å². The Kier molecular flexibility index (Phi) is 2.47. The number of likely N-dealkylation sites (tertiary alicyclic amines) is 1. The normalized spacial score (nSPS) is 32.1. The van der Waals surface area contributed by atoms with E-state index in [1.165, 1.54) is 0 Å². The molecule has 0 bridgehead atoms. The summed E-state index contributed by atoms with van der Waals surface area (Å²) in [6, 6.07) is 0. The van der Waals surface area contributed by atoms with E-state index < -0.39 is 0 Å². The van der Waals surface area contributed by atoms with Gasteiger partial charge in [-0.15, -0.1) is 0 Å². The van der Waals surface area contributed by atoms with Crippen LogP contribution >= 0.6 is 0 Å². The van der Waals surface area contributed by atoms with Gasteiger partial charge in [-0.25, -0.2) is 0 Å². The average Bonchev–Trinajstić information content (AvgIpc) is 2.69. The minimum atomic E-state index is -0.0465. The second kappa shape index (κ2) is 3.53. The number of hydrogen-bond acceptors (Lipinski definition) is 2. The Bertz CT molecular complexity index is 337. The summed E-state index contributed by atoms with van der Waals surface area (Å²) < 4.78 is 0. The number of nitrogens with one attached hydrogen (secondary N) is 1. The zero-order valence-corrected chi connectivity index (χ0v) is 9.63. The molecule has 3 nitrogen and oxygen atoms in total. The molecule has 0 radical (unpaired) electrons. The van der Waals surface area contributed by atoms with Crippen molar-refractivity contribution in [2.24, 2.45) is 11.8 Å². The molecule has 2 rings (SSSR count). The third-order valence-corrected chi connectivity index (χ3v) is 3.84. The average molecular weight is 206 g/mol. The summed E-state index contributed by atoms with van der Waals surface area (Å²) in [6.45, 7) is 8.94. The standard InChI is InChI=1S/C12H18N2O/c1-4-5-11(15)14-8-9-6-13-7-10(9)12(14,2)3/h9-10,13H,6-8H2,1-3H3. The lowest BCUT2D eigenvalue weighted by atomic mass is 9.85. The van der Waals surface area contributed by atoms with Crippen LogP contribution in [0.15, 0.2) is 0 Å². The van der Waals surface area contributed by atoms with Gasteiger partial charge in [-0.1, -0.05) is 5.92 Å². The van der Waals surface area contributed by atoms with Crippen LogP contribution < -0.4 is 5.32 Å². The molecule has 2 heterocycles. The highest BCUT2D eigenvalue weighted by Crippen LogP contribution is 2.40. The number of carbonyl (C=O) groups is 1. The lowest BCUT2D eigenvalue weighted by Crippen LogP contribution is -2.47. The number of nitrogens with zero attached hydrogens (tertiary/aromatic N) is 1. The van der Waals surface area contributed by atoms with Crippen LogP contribution in [0.25, 0.3) is 0 Å². The Morgan fingerprint density at radius 1 is 1.47 bits per heavy atom. The Morgan fingerprint density at radius 2 is 2.20 bits per heavy atom. The first-order valence-corrected chi connectivity index (χ1v) is 5.52. The van der Waals surface area contributed by atoms with Crippen LogP contribution in [-0.2, 0) is 4.79 Å². The highest BCUT2D eigenvalue weighted by atomic mass is 16.2. The van der Waals surface area contributed by atoms with E-state index in [4.69, 9.17) is 0 Å². The van der Waals surface area contributed by atoms with E-state index in [1.807, 2.05) is 4.90 Å². The molecule has 0 saturated carbocycles. The molecule has 0 aromatic heterocycles. The van der Waals surface area contributed by atoms with Gasteiger partial charge in [-0.2, -0.15) is 0 Å². The fourth-order valence-corrected chi connectivity index (χ4v) is 2.94. The van der Waals surface area contributed by atoms with Crippen molar-refractivity contribution in [2.45, 2.75) is 26.3 Å². The van der Waals surface area contributed by atoms with E-state index >= 15 is 0 Å². The summed E-state index contributed by atoms with van der Waals surface area (Å²) in [7, 11) is 0. The smallest absolute Gasteiger partial charge is 0.298 e. The molecule has 2 aliphatic rings. The Hall–Kier alpha value is -1.01. The van der Waals surface area contributed by atoms with Crippen LogP contribution in [0, 0.1) is 23.7 Å². The minimum Gasteiger partial charge on any atom is -0.326 e. The molecule has 15 heavy (non-hydrogen) atoms. The summed E-state index contributed by atoms with van der Waals surface area (Å²) in [5.41, 5.74) is -0.0465. The van der Waals surface area contributed by atoms with Gasteiger partial charge in [0.05, 0.1) is 0 Å². The van der Waals surface area contributed by atoms with E-state index in [2.05, 4.69) is 31.0 Å². The van der Waals surface area contributed by atoms with Crippen LogP contribution in [0.2, 0.25) is 0 Å². The molecule has 2 unspecified atom stereocenters. The summed E-state index contributed by atoms with van der Waals surface area (Å²) in [5.74, 6) is 6.52. The van der Waals surface area contributed by atoms with Crippen molar-refractivity contribution >= 4 is 5.91 Å². The minimum absolute atomic E-state index is 0.0168. The van der Waals surface area contributed by atoms with Crippen molar-refractivity contribution in [3.8, 4) is 11.8 Å². The van der Waals surface area contributed by atoms with E-state index in [-0.39, 0.29) is 11.4 Å². The van der Waals surface area contributed by atoms with Crippen LogP contribution in [0.1, 0.15) is 20.8 Å². The predicted octanol–water partition coefficient (Wildman–Crippen LogP) is 0.466. The van der Waals surface area contributed by atoms with Crippen molar-refractivity contribution in [3.63, 3.8) is 0 Å². The molecular weight excluding hydrogens is 188 g/mol. The zero-order chi connectivity index (χ0) is 11.1. The number of amides is 1. The Balaban J connectivity index is 2.21. The lowest BCUT2D eigenvalue weighted by molar-refractivity contribution is -0.128. The summed E-state index contributed by atoms with van der Waals surface area (Å²) >= 11 is 0. The highest BCUT2D eigenvalue weighted by Gasteiger charge is 2.50. The highest BCUT2D eigenvalue weighted by molar-refractivity contribution is 5.94. The molecule has 2 aliphatic heterocycles. The van der Waals surface area contributed by atoms with Gasteiger partial charge in [-0.3, -0.25) is 4.79 Å². The second-order valence-corrected chi connectivity index (χ2v) is 4.97. The third-order valence-electron chi connectivity index (χ3n) is 3.84. The van der Waals surface area contributed by atoms with Crippen molar-refractivity contribution in [1.29, 1.82) is 0 Å². The summed E-state index contributed by atoms with van der Waals surface area (Å²) in [4.78, 5) is 13.8. The molecule has 2 atom stereocenters. The number of hydrogen-bond donors (Lipinski definition) is 1. The maximum Gasteiger partial charge on any atom is 0.298 e. The summed E-state index contributed by atoms with van der Waals surface area (Å²) in [5, 5.41) is 3.40. The van der Waals surface area contributed by atoms with Crippen molar-refractivity contribution in [2.75, 3.05) is 19.6 Å².